The van der Waals surface area contributed by atoms with Gasteiger partial charge in [0.25, 0.3) is 5.69 Å². The fourth-order valence-electron chi connectivity index (χ4n) is 4.71. The van der Waals surface area contributed by atoms with E-state index in [2.05, 4.69) is 5.32 Å². The van der Waals surface area contributed by atoms with E-state index in [1.807, 2.05) is 60.1 Å². The number of non-ortho nitro benzene ring substituents is 1. The molecule has 0 spiro atoms. The van der Waals surface area contributed by atoms with Gasteiger partial charge in [-0.15, -0.1) is 0 Å². The van der Waals surface area contributed by atoms with Crippen LogP contribution in [0.5, 0.6) is 0 Å². The van der Waals surface area contributed by atoms with Crippen LogP contribution >= 0.6 is 0 Å². The molecule has 166 valence electrons. The normalized spacial score (nSPS) is 14.3. The lowest BCUT2D eigenvalue weighted by Crippen LogP contribution is -2.23. The van der Waals surface area contributed by atoms with Crippen molar-refractivity contribution < 1.29 is 9.34 Å². The third-order valence-electron chi connectivity index (χ3n) is 6.21. The molecule has 8 heteroatoms. The molecule has 0 radical (unpaired) electrons. The highest BCUT2D eigenvalue weighted by Crippen LogP contribution is 2.47. The Morgan fingerprint density at radius 2 is 1.68 bits per heavy atom. The molecule has 2 aromatic heterocycles. The van der Waals surface area contributed by atoms with Gasteiger partial charge in [-0.25, -0.2) is 9.48 Å². The molecule has 0 fully saturated rings. The number of hydrogen-bond acceptors (Lipinski definition) is 6. The van der Waals surface area contributed by atoms with Gasteiger partial charge < -0.3 is 9.73 Å². The summed E-state index contributed by atoms with van der Waals surface area (Å²) in [5.74, 6) is 0.237. The highest BCUT2D eigenvalue weighted by molar-refractivity contribution is 5.96. The average molecular weight is 450 g/mol. The molecule has 1 aliphatic heterocycles. The van der Waals surface area contributed by atoms with E-state index in [1.54, 1.807) is 18.2 Å². The number of aromatic nitrogens is 2. The first-order chi connectivity index (χ1) is 16.5. The second-order valence-electron chi connectivity index (χ2n) is 8.18. The van der Waals surface area contributed by atoms with Crippen LogP contribution in [-0.4, -0.2) is 14.7 Å². The molecule has 1 N–H and O–H groups in total. The van der Waals surface area contributed by atoms with Crippen molar-refractivity contribution in [2.24, 2.45) is 0 Å². The minimum atomic E-state index is -0.509. The number of nitrogens with one attached hydrogen (secondary N) is 1. The van der Waals surface area contributed by atoms with E-state index in [-0.39, 0.29) is 5.69 Å². The molecule has 0 saturated heterocycles. The van der Waals surface area contributed by atoms with Gasteiger partial charge >= 0.3 is 5.63 Å². The zero-order valence-electron chi connectivity index (χ0n) is 18.1. The minimum Gasteiger partial charge on any atom is -0.422 e. The highest BCUT2D eigenvalue weighted by atomic mass is 16.6. The number of nitro groups is 1. The minimum absolute atomic E-state index is 0.0135. The molecule has 1 aliphatic rings. The monoisotopic (exact) mass is 450 g/mol. The van der Waals surface area contributed by atoms with Gasteiger partial charge in [0.2, 0.25) is 0 Å². The van der Waals surface area contributed by atoms with Crippen molar-refractivity contribution in [3.8, 4) is 5.69 Å². The van der Waals surface area contributed by atoms with Crippen LogP contribution in [0.1, 0.15) is 28.3 Å². The molecular weight excluding hydrogens is 432 g/mol. The molecule has 3 aromatic carbocycles. The van der Waals surface area contributed by atoms with Crippen LogP contribution in [0.25, 0.3) is 16.7 Å². The lowest BCUT2D eigenvalue weighted by molar-refractivity contribution is -0.384. The summed E-state index contributed by atoms with van der Waals surface area (Å²) < 4.78 is 7.52. The third kappa shape index (κ3) is 2.92. The Morgan fingerprint density at radius 1 is 0.971 bits per heavy atom. The fourth-order valence-corrected chi connectivity index (χ4v) is 4.71. The van der Waals surface area contributed by atoms with Crippen molar-refractivity contribution in [2.45, 2.75) is 12.8 Å². The summed E-state index contributed by atoms with van der Waals surface area (Å²) in [6.07, 6.45) is 0. The predicted molar refractivity (Wildman–Crippen MR) is 128 cm³/mol. The largest absolute Gasteiger partial charge is 0.422 e. The number of aryl methyl sites for hydroxylation is 1. The summed E-state index contributed by atoms with van der Waals surface area (Å²) >= 11 is 0. The molecule has 3 heterocycles. The maximum absolute atomic E-state index is 13.3. The summed E-state index contributed by atoms with van der Waals surface area (Å²) in [7, 11) is 0. The van der Waals surface area contributed by atoms with Crippen molar-refractivity contribution >= 4 is 28.2 Å². The summed E-state index contributed by atoms with van der Waals surface area (Å²) in [5, 5.41) is 20.3. The maximum Gasteiger partial charge on any atom is 0.342 e. The smallest absolute Gasteiger partial charge is 0.342 e. The number of benzene rings is 3. The van der Waals surface area contributed by atoms with Crippen molar-refractivity contribution in [1.29, 1.82) is 0 Å². The van der Waals surface area contributed by atoms with E-state index in [0.29, 0.717) is 16.8 Å². The number of para-hydroxylation sites is 2. The molecule has 8 nitrogen and oxygen atoms in total. The van der Waals surface area contributed by atoms with Gasteiger partial charge in [-0.1, -0.05) is 42.5 Å². The number of rotatable bonds is 3. The zero-order valence-corrected chi connectivity index (χ0v) is 18.1. The second kappa shape index (κ2) is 7.41. The lowest BCUT2D eigenvalue weighted by atomic mass is 9.82. The van der Waals surface area contributed by atoms with Crippen molar-refractivity contribution in [2.75, 3.05) is 5.32 Å². The third-order valence-corrected chi connectivity index (χ3v) is 6.21. The van der Waals surface area contributed by atoms with Gasteiger partial charge in [-0.05, 0) is 36.8 Å². The van der Waals surface area contributed by atoms with E-state index < -0.39 is 16.5 Å². The Balaban J connectivity index is 1.67. The van der Waals surface area contributed by atoms with Gasteiger partial charge in [-0.3, -0.25) is 10.1 Å². The number of anilines is 2. The predicted octanol–water partition coefficient (Wildman–Crippen LogP) is 5.43. The van der Waals surface area contributed by atoms with Gasteiger partial charge in [0.05, 0.1) is 27.6 Å². The summed E-state index contributed by atoms with van der Waals surface area (Å²) in [6, 6.07) is 23.4. The van der Waals surface area contributed by atoms with Crippen LogP contribution < -0.4 is 10.9 Å². The van der Waals surface area contributed by atoms with Crippen LogP contribution in [0.4, 0.5) is 17.2 Å². The lowest BCUT2D eigenvalue weighted by Gasteiger charge is -2.28. The molecule has 5 aromatic rings. The molecule has 0 saturated carbocycles. The van der Waals surface area contributed by atoms with E-state index in [1.165, 1.54) is 12.1 Å². The molecular formula is C26H18N4O4. The van der Waals surface area contributed by atoms with E-state index in [9.17, 15) is 14.9 Å². The number of nitrogens with zero attached hydrogens (tertiary/aromatic N) is 3. The van der Waals surface area contributed by atoms with Crippen LogP contribution in [0.15, 0.2) is 88.1 Å². The van der Waals surface area contributed by atoms with E-state index in [4.69, 9.17) is 9.52 Å². The molecule has 1 atom stereocenters. The first kappa shape index (κ1) is 19.9. The van der Waals surface area contributed by atoms with Gasteiger partial charge in [0.1, 0.15) is 11.4 Å². The molecule has 6 rings (SSSR count). The van der Waals surface area contributed by atoms with Gasteiger partial charge in [-0.2, -0.15) is 5.10 Å². The maximum atomic E-state index is 13.3. The van der Waals surface area contributed by atoms with E-state index in [0.717, 1.165) is 33.7 Å². The number of fused-ring (bicyclic) bond motifs is 4. The second-order valence-corrected chi connectivity index (χ2v) is 8.18. The fraction of sp³-hybridized carbons (Fsp3) is 0.0769. The van der Waals surface area contributed by atoms with Crippen LogP contribution in [-0.2, 0) is 0 Å². The summed E-state index contributed by atoms with van der Waals surface area (Å²) in [4.78, 5) is 24.1. The van der Waals surface area contributed by atoms with E-state index >= 15 is 0 Å². The Hall–Kier alpha value is -4.72. The first-order valence-corrected chi connectivity index (χ1v) is 10.7. The van der Waals surface area contributed by atoms with Gasteiger partial charge in [0, 0.05) is 29.0 Å². The van der Waals surface area contributed by atoms with Crippen LogP contribution in [0.2, 0.25) is 0 Å². The molecule has 1 unspecified atom stereocenters. The Morgan fingerprint density at radius 3 is 2.41 bits per heavy atom. The van der Waals surface area contributed by atoms with Crippen LogP contribution in [0.3, 0.4) is 0 Å². The number of nitro benzene ring substituents is 1. The Kier molecular flexibility index (Phi) is 4.35. The standard InChI is InChI=1S/C26H18N4O4/c1-15-21-22(16-11-13-18(14-12-16)30(32)33)23-24(19-9-5-6-10-20(19)34-26(23)31)27-25(21)29(28-15)17-7-3-2-4-8-17/h2-14,22,27H,1H3. The van der Waals surface area contributed by atoms with Crippen molar-refractivity contribution in [3.63, 3.8) is 0 Å². The number of hydrogen-bond donors (Lipinski definition) is 1. The molecule has 0 amide bonds. The first-order valence-electron chi connectivity index (χ1n) is 10.7. The summed E-state index contributed by atoms with van der Waals surface area (Å²) in [6.45, 7) is 1.89. The van der Waals surface area contributed by atoms with Crippen LogP contribution in [0, 0.1) is 17.0 Å². The highest BCUT2D eigenvalue weighted by Gasteiger charge is 2.36. The van der Waals surface area contributed by atoms with Crippen molar-refractivity contribution in [1.82, 2.24) is 9.78 Å². The molecule has 0 bridgehead atoms. The molecule has 0 aliphatic carbocycles. The Labute approximate surface area is 193 Å². The van der Waals surface area contributed by atoms with Crippen molar-refractivity contribution in [3.05, 3.63) is 122 Å². The molecule has 34 heavy (non-hydrogen) atoms. The van der Waals surface area contributed by atoms with Gasteiger partial charge in [0.15, 0.2) is 0 Å². The summed E-state index contributed by atoms with van der Waals surface area (Å²) in [5.41, 5.74) is 4.30. The average Bonchev–Trinajstić information content (AvgIpc) is 3.19. The Bertz CT molecular complexity index is 1640. The zero-order chi connectivity index (χ0) is 23.4. The quantitative estimate of drug-likeness (QED) is 0.219. The SMILES string of the molecule is Cc1nn(-c2ccccc2)c2c1C(c1ccc([N+](=O)[O-])cc1)c1c(c3ccccc3oc1=O)N2. The topological polar surface area (TPSA) is 103 Å².